The van der Waals surface area contributed by atoms with E-state index in [0.29, 0.717) is 11.6 Å². The second-order valence-corrected chi connectivity index (χ2v) is 7.84. The summed E-state index contributed by atoms with van der Waals surface area (Å²) in [5.41, 5.74) is 1.73. The Morgan fingerprint density at radius 1 is 1.44 bits per heavy atom. The van der Waals surface area contributed by atoms with Gasteiger partial charge in [0.1, 0.15) is 0 Å². The molecule has 134 valence electrons. The van der Waals surface area contributed by atoms with Crippen molar-refractivity contribution >= 4 is 34.5 Å². The lowest BCUT2D eigenvalue weighted by Gasteiger charge is -2.24. The fourth-order valence-corrected chi connectivity index (χ4v) is 3.89. The van der Waals surface area contributed by atoms with E-state index in [1.54, 1.807) is 17.4 Å². The number of ether oxygens (including phenoxy) is 1. The first-order chi connectivity index (χ1) is 12.1. The minimum Gasteiger partial charge on any atom is -0.377 e. The van der Waals surface area contributed by atoms with Crippen LogP contribution in [-0.2, 0) is 16.1 Å². The minimum atomic E-state index is -0.0329. The highest BCUT2D eigenvalue weighted by Gasteiger charge is 2.21. The largest absolute Gasteiger partial charge is 0.377 e. The van der Waals surface area contributed by atoms with E-state index < -0.39 is 0 Å². The number of rotatable bonds is 7. The molecule has 1 unspecified atom stereocenters. The Labute approximate surface area is 157 Å². The number of carbonyl (C=O) groups excluding carboxylic acids is 1. The summed E-state index contributed by atoms with van der Waals surface area (Å²) >= 11 is 7.85. The summed E-state index contributed by atoms with van der Waals surface area (Å²) in [4.78, 5) is 15.9. The molecule has 0 aliphatic carbocycles. The summed E-state index contributed by atoms with van der Waals surface area (Å²) in [6.07, 6.45) is 2.39. The first-order valence-electron chi connectivity index (χ1n) is 8.52. The van der Waals surface area contributed by atoms with Gasteiger partial charge < -0.3 is 10.1 Å². The number of amides is 1. The van der Waals surface area contributed by atoms with Gasteiger partial charge in [-0.25, -0.2) is 0 Å². The zero-order chi connectivity index (χ0) is 17.6. The summed E-state index contributed by atoms with van der Waals surface area (Å²) in [7, 11) is 0. The van der Waals surface area contributed by atoms with Crippen LogP contribution in [0.15, 0.2) is 35.7 Å². The van der Waals surface area contributed by atoms with Gasteiger partial charge in [-0.05, 0) is 48.9 Å². The van der Waals surface area contributed by atoms with E-state index in [9.17, 15) is 4.79 Å². The van der Waals surface area contributed by atoms with Crippen LogP contribution in [0, 0.1) is 6.92 Å². The highest BCUT2D eigenvalue weighted by Crippen LogP contribution is 2.20. The molecule has 1 aromatic carbocycles. The van der Waals surface area contributed by atoms with Crippen LogP contribution in [0.1, 0.15) is 23.3 Å². The molecule has 2 aromatic rings. The second-order valence-electron chi connectivity index (χ2n) is 6.40. The van der Waals surface area contributed by atoms with Gasteiger partial charge in [0.2, 0.25) is 5.91 Å². The number of nitrogens with one attached hydrogen (secondary N) is 1. The van der Waals surface area contributed by atoms with E-state index in [0.717, 1.165) is 43.8 Å². The van der Waals surface area contributed by atoms with E-state index in [-0.39, 0.29) is 12.0 Å². The van der Waals surface area contributed by atoms with Gasteiger partial charge in [-0.1, -0.05) is 23.7 Å². The van der Waals surface area contributed by atoms with Crippen molar-refractivity contribution in [2.45, 2.75) is 32.4 Å². The molecule has 1 N–H and O–H groups in total. The highest BCUT2D eigenvalue weighted by molar-refractivity contribution is 7.09. The van der Waals surface area contributed by atoms with Gasteiger partial charge in [-0.2, -0.15) is 0 Å². The van der Waals surface area contributed by atoms with Gasteiger partial charge in [0, 0.05) is 35.3 Å². The lowest BCUT2D eigenvalue weighted by molar-refractivity contribution is -0.117. The van der Waals surface area contributed by atoms with Crippen LogP contribution in [-0.4, -0.2) is 36.6 Å². The lowest BCUT2D eigenvalue weighted by atomic mass is 10.2. The maximum absolute atomic E-state index is 12.5. The van der Waals surface area contributed by atoms with Crippen molar-refractivity contribution in [1.82, 2.24) is 4.90 Å². The maximum atomic E-state index is 12.5. The van der Waals surface area contributed by atoms with Crippen LogP contribution >= 0.6 is 22.9 Å². The van der Waals surface area contributed by atoms with Crippen LogP contribution in [0.2, 0.25) is 5.02 Å². The monoisotopic (exact) mass is 378 g/mol. The van der Waals surface area contributed by atoms with E-state index in [1.807, 2.05) is 25.1 Å². The van der Waals surface area contributed by atoms with E-state index in [2.05, 4.69) is 21.7 Å². The predicted molar refractivity (Wildman–Crippen MR) is 103 cm³/mol. The van der Waals surface area contributed by atoms with Crippen molar-refractivity contribution in [2.75, 3.05) is 25.0 Å². The van der Waals surface area contributed by atoms with Crippen LogP contribution in [0.4, 0.5) is 5.69 Å². The third-order valence-electron chi connectivity index (χ3n) is 4.27. The van der Waals surface area contributed by atoms with Gasteiger partial charge in [0.15, 0.2) is 0 Å². The van der Waals surface area contributed by atoms with Gasteiger partial charge in [-0.3, -0.25) is 9.69 Å². The molecule has 1 atom stereocenters. The Morgan fingerprint density at radius 3 is 3.00 bits per heavy atom. The smallest absolute Gasteiger partial charge is 0.238 e. The number of nitrogens with zero attached hydrogens (tertiary/aromatic N) is 1. The Kier molecular flexibility index (Phi) is 6.48. The molecule has 2 heterocycles. The number of halogens is 1. The van der Waals surface area contributed by atoms with E-state index in [4.69, 9.17) is 16.3 Å². The van der Waals surface area contributed by atoms with Crippen molar-refractivity contribution < 1.29 is 9.53 Å². The number of anilines is 1. The van der Waals surface area contributed by atoms with Crippen molar-refractivity contribution in [2.24, 2.45) is 0 Å². The lowest BCUT2D eigenvalue weighted by Crippen LogP contribution is -2.37. The zero-order valence-corrected chi connectivity index (χ0v) is 15.9. The average molecular weight is 379 g/mol. The molecule has 0 saturated carbocycles. The van der Waals surface area contributed by atoms with E-state index >= 15 is 0 Å². The number of hydrogen-bond acceptors (Lipinski definition) is 4. The first kappa shape index (κ1) is 18.4. The topological polar surface area (TPSA) is 41.6 Å². The molecule has 0 radical (unpaired) electrons. The van der Waals surface area contributed by atoms with Crippen LogP contribution < -0.4 is 5.32 Å². The molecule has 6 heteroatoms. The predicted octanol–water partition coefficient (Wildman–Crippen LogP) is 4.33. The number of aryl methyl sites for hydroxylation is 1. The number of carbonyl (C=O) groups is 1. The molecule has 0 spiro atoms. The molecule has 1 fully saturated rings. The SMILES string of the molecule is Cc1ccc(NC(=O)CN(Cc2cccs2)CC2CCCO2)cc1Cl. The first-order valence-corrected chi connectivity index (χ1v) is 9.78. The molecule has 4 nitrogen and oxygen atoms in total. The fourth-order valence-electron chi connectivity index (χ4n) is 2.96. The van der Waals surface area contributed by atoms with Crippen LogP contribution in [0.3, 0.4) is 0 Å². The molecule has 1 aliphatic heterocycles. The number of hydrogen-bond donors (Lipinski definition) is 1. The molecular weight excluding hydrogens is 356 g/mol. The molecular formula is C19H23ClN2O2S. The fraction of sp³-hybridized carbons (Fsp3) is 0.421. The molecule has 0 bridgehead atoms. The third-order valence-corrected chi connectivity index (χ3v) is 5.54. The average Bonchev–Trinajstić information content (AvgIpc) is 3.25. The molecule has 1 amide bonds. The quantitative estimate of drug-likeness (QED) is 0.779. The maximum Gasteiger partial charge on any atom is 0.238 e. The zero-order valence-electron chi connectivity index (χ0n) is 14.3. The Morgan fingerprint density at radius 2 is 2.32 bits per heavy atom. The van der Waals surface area contributed by atoms with Crippen molar-refractivity contribution in [3.63, 3.8) is 0 Å². The van der Waals surface area contributed by atoms with Crippen molar-refractivity contribution in [1.29, 1.82) is 0 Å². The van der Waals surface area contributed by atoms with Crippen LogP contribution in [0.5, 0.6) is 0 Å². The standard InChI is InChI=1S/C19H23ClN2O2S/c1-14-6-7-15(10-18(14)20)21-19(23)13-22(11-16-4-2-8-24-16)12-17-5-3-9-25-17/h3,5-7,9-10,16H,2,4,8,11-13H2,1H3,(H,21,23). The summed E-state index contributed by atoms with van der Waals surface area (Å²) in [6, 6.07) is 9.72. The normalized spacial score (nSPS) is 17.2. The summed E-state index contributed by atoms with van der Waals surface area (Å²) in [5.74, 6) is -0.0329. The number of thiophene rings is 1. The Bertz CT molecular complexity index is 699. The summed E-state index contributed by atoms with van der Waals surface area (Å²) in [6.45, 7) is 4.65. The van der Waals surface area contributed by atoms with Gasteiger partial charge in [0.25, 0.3) is 0 Å². The van der Waals surface area contributed by atoms with Crippen molar-refractivity contribution in [3.05, 3.63) is 51.2 Å². The molecule has 3 rings (SSSR count). The minimum absolute atomic E-state index is 0.0329. The van der Waals surface area contributed by atoms with Crippen molar-refractivity contribution in [3.8, 4) is 0 Å². The van der Waals surface area contributed by atoms with Crippen LogP contribution in [0.25, 0.3) is 0 Å². The Hall–Kier alpha value is -1.40. The third kappa shape index (κ3) is 5.54. The van der Waals surface area contributed by atoms with E-state index in [1.165, 1.54) is 4.88 Å². The second kappa shape index (κ2) is 8.81. The summed E-state index contributed by atoms with van der Waals surface area (Å²) < 4.78 is 5.74. The highest BCUT2D eigenvalue weighted by atomic mass is 35.5. The van der Waals surface area contributed by atoms with Gasteiger partial charge >= 0.3 is 0 Å². The summed E-state index contributed by atoms with van der Waals surface area (Å²) in [5, 5.41) is 5.67. The Balaban J connectivity index is 1.61. The molecule has 1 aromatic heterocycles. The molecule has 1 saturated heterocycles. The number of benzene rings is 1. The molecule has 25 heavy (non-hydrogen) atoms. The molecule has 1 aliphatic rings. The van der Waals surface area contributed by atoms with Gasteiger partial charge in [0.05, 0.1) is 12.6 Å². The van der Waals surface area contributed by atoms with Gasteiger partial charge in [-0.15, -0.1) is 11.3 Å².